The highest BCUT2D eigenvalue weighted by Crippen LogP contribution is 2.19. The smallest absolute Gasteiger partial charge is 0.337 e. The molecule has 3 N–H and O–H groups in total. The zero-order chi connectivity index (χ0) is 15.4. The fourth-order valence-corrected chi connectivity index (χ4v) is 2.00. The van der Waals surface area contributed by atoms with Gasteiger partial charge in [-0.3, -0.25) is 4.79 Å². The van der Waals surface area contributed by atoms with E-state index < -0.39 is 5.97 Å². The van der Waals surface area contributed by atoms with Crippen molar-refractivity contribution in [1.29, 1.82) is 0 Å². The minimum atomic E-state index is -0.420. The maximum atomic E-state index is 12.2. The minimum Gasteiger partial charge on any atom is -0.465 e. The second-order valence-electron chi connectivity index (χ2n) is 4.56. The lowest BCUT2D eigenvalue weighted by atomic mass is 10.1. The Balaban J connectivity index is 2.18. The number of nitrogens with two attached hydrogens (primary N) is 1. The summed E-state index contributed by atoms with van der Waals surface area (Å²) in [4.78, 5) is 23.6. The van der Waals surface area contributed by atoms with Crippen LogP contribution >= 0.6 is 0 Å². The van der Waals surface area contributed by atoms with Crippen LogP contribution in [0, 0.1) is 6.92 Å². The Morgan fingerprint density at radius 2 is 1.76 bits per heavy atom. The van der Waals surface area contributed by atoms with Crippen molar-refractivity contribution in [2.24, 2.45) is 0 Å². The van der Waals surface area contributed by atoms with Crippen LogP contribution in [0.1, 0.15) is 26.3 Å². The van der Waals surface area contributed by atoms with Gasteiger partial charge < -0.3 is 15.8 Å². The lowest BCUT2D eigenvalue weighted by Crippen LogP contribution is -2.15. The number of nitrogen functional groups attached to an aromatic ring is 1. The van der Waals surface area contributed by atoms with Crippen molar-refractivity contribution < 1.29 is 14.3 Å². The number of ether oxygens (including phenoxy) is 1. The first-order valence-corrected chi connectivity index (χ1v) is 6.37. The lowest BCUT2D eigenvalue weighted by Gasteiger charge is -2.10. The summed E-state index contributed by atoms with van der Waals surface area (Å²) in [6.07, 6.45) is 0. The molecule has 0 aliphatic rings. The minimum absolute atomic E-state index is 0.281. The Morgan fingerprint density at radius 3 is 2.33 bits per heavy atom. The van der Waals surface area contributed by atoms with Crippen molar-refractivity contribution in [1.82, 2.24) is 0 Å². The number of hydrogen-bond donors (Lipinski definition) is 2. The molecule has 0 saturated heterocycles. The van der Waals surface area contributed by atoms with Crippen molar-refractivity contribution in [3.05, 3.63) is 59.2 Å². The molecule has 108 valence electrons. The number of benzene rings is 2. The van der Waals surface area contributed by atoms with Crippen LogP contribution in [0.2, 0.25) is 0 Å². The number of aryl methyl sites for hydroxylation is 1. The molecule has 0 bridgehead atoms. The van der Waals surface area contributed by atoms with Gasteiger partial charge in [-0.15, -0.1) is 0 Å². The third-order valence-electron chi connectivity index (χ3n) is 3.10. The van der Waals surface area contributed by atoms with E-state index in [2.05, 4.69) is 10.1 Å². The molecular formula is C16H16N2O3. The quantitative estimate of drug-likeness (QED) is 0.670. The van der Waals surface area contributed by atoms with Gasteiger partial charge in [0.15, 0.2) is 0 Å². The third kappa shape index (κ3) is 3.20. The van der Waals surface area contributed by atoms with E-state index in [1.54, 1.807) is 36.4 Å². The number of hydrogen-bond acceptors (Lipinski definition) is 4. The topological polar surface area (TPSA) is 81.4 Å². The van der Waals surface area contributed by atoms with Gasteiger partial charge in [0.1, 0.15) is 0 Å². The maximum Gasteiger partial charge on any atom is 0.337 e. The Kier molecular flexibility index (Phi) is 4.23. The molecule has 0 fully saturated rings. The van der Waals surface area contributed by atoms with Crippen LogP contribution in [-0.2, 0) is 4.74 Å². The summed E-state index contributed by atoms with van der Waals surface area (Å²) in [7, 11) is 1.32. The van der Waals surface area contributed by atoms with Crippen molar-refractivity contribution in [3.8, 4) is 0 Å². The van der Waals surface area contributed by atoms with E-state index in [0.717, 1.165) is 5.56 Å². The van der Waals surface area contributed by atoms with Crippen LogP contribution in [0.25, 0.3) is 0 Å². The number of esters is 1. The summed E-state index contributed by atoms with van der Waals surface area (Å²) >= 11 is 0. The van der Waals surface area contributed by atoms with E-state index in [1.165, 1.54) is 7.11 Å². The molecule has 2 aromatic carbocycles. The summed E-state index contributed by atoms with van der Waals surface area (Å²) in [5.41, 5.74) is 8.52. The molecule has 0 atom stereocenters. The number of carbonyl (C=O) groups excluding carboxylic acids is 2. The first-order valence-electron chi connectivity index (χ1n) is 6.37. The van der Waals surface area contributed by atoms with E-state index in [0.29, 0.717) is 22.5 Å². The molecule has 0 spiro atoms. The average Bonchev–Trinajstić information content (AvgIpc) is 2.47. The van der Waals surface area contributed by atoms with E-state index in [9.17, 15) is 9.59 Å². The number of rotatable bonds is 3. The molecule has 0 radical (unpaired) electrons. The monoisotopic (exact) mass is 284 g/mol. The molecule has 0 heterocycles. The van der Waals surface area contributed by atoms with Crippen molar-refractivity contribution in [3.63, 3.8) is 0 Å². The second-order valence-corrected chi connectivity index (χ2v) is 4.56. The SMILES string of the molecule is COC(=O)c1ccc(NC(=O)c2c(C)cccc2N)cc1. The van der Waals surface area contributed by atoms with Gasteiger partial charge in [-0.25, -0.2) is 4.79 Å². The molecule has 0 unspecified atom stereocenters. The molecule has 0 saturated carbocycles. The van der Waals surface area contributed by atoms with Crippen molar-refractivity contribution in [2.75, 3.05) is 18.2 Å². The largest absolute Gasteiger partial charge is 0.465 e. The maximum absolute atomic E-state index is 12.2. The van der Waals surface area contributed by atoms with Crippen LogP contribution in [-0.4, -0.2) is 19.0 Å². The molecule has 2 rings (SSSR count). The van der Waals surface area contributed by atoms with Crippen molar-refractivity contribution in [2.45, 2.75) is 6.92 Å². The summed E-state index contributed by atoms with van der Waals surface area (Å²) in [5.74, 6) is -0.701. The third-order valence-corrected chi connectivity index (χ3v) is 3.10. The zero-order valence-corrected chi connectivity index (χ0v) is 11.8. The first-order chi connectivity index (χ1) is 10.0. The van der Waals surface area contributed by atoms with E-state index in [1.807, 2.05) is 13.0 Å². The normalized spacial score (nSPS) is 10.0. The average molecular weight is 284 g/mol. The molecule has 0 aliphatic carbocycles. The molecule has 0 aliphatic heterocycles. The van der Waals surface area contributed by atoms with Crippen LogP contribution in [0.5, 0.6) is 0 Å². The Hall–Kier alpha value is -2.82. The fourth-order valence-electron chi connectivity index (χ4n) is 2.00. The van der Waals surface area contributed by atoms with Gasteiger partial charge >= 0.3 is 5.97 Å². The van der Waals surface area contributed by atoms with Crippen LogP contribution in [0.4, 0.5) is 11.4 Å². The number of carbonyl (C=O) groups is 2. The van der Waals surface area contributed by atoms with Crippen LogP contribution in [0.15, 0.2) is 42.5 Å². The molecule has 1 amide bonds. The molecule has 5 heteroatoms. The predicted molar refractivity (Wildman–Crippen MR) is 81.3 cm³/mol. The van der Waals surface area contributed by atoms with Gasteiger partial charge in [0.2, 0.25) is 0 Å². The molecular weight excluding hydrogens is 268 g/mol. The lowest BCUT2D eigenvalue weighted by molar-refractivity contribution is 0.0600. The number of methoxy groups -OCH3 is 1. The molecule has 21 heavy (non-hydrogen) atoms. The predicted octanol–water partition coefficient (Wildman–Crippen LogP) is 2.62. The summed E-state index contributed by atoms with van der Waals surface area (Å²) in [6.45, 7) is 1.83. The van der Waals surface area contributed by atoms with Gasteiger partial charge in [0, 0.05) is 11.4 Å². The highest BCUT2D eigenvalue weighted by Gasteiger charge is 2.13. The Labute approximate surface area is 122 Å². The number of anilines is 2. The molecule has 5 nitrogen and oxygen atoms in total. The van der Waals surface area contributed by atoms with Gasteiger partial charge in [-0.05, 0) is 42.8 Å². The van der Waals surface area contributed by atoms with Crippen LogP contribution in [0.3, 0.4) is 0 Å². The Bertz CT molecular complexity index is 658. The standard InChI is InChI=1S/C16H16N2O3/c1-10-4-3-5-13(17)14(10)15(19)18-12-8-6-11(7-9-12)16(20)21-2/h3-9H,17H2,1-2H3,(H,18,19). The van der Waals surface area contributed by atoms with Gasteiger partial charge in [-0.2, -0.15) is 0 Å². The fraction of sp³-hybridized carbons (Fsp3) is 0.125. The summed E-state index contributed by atoms with van der Waals surface area (Å²) < 4.78 is 4.62. The highest BCUT2D eigenvalue weighted by atomic mass is 16.5. The first kappa shape index (κ1) is 14.6. The highest BCUT2D eigenvalue weighted by molar-refractivity contribution is 6.08. The molecule has 0 aromatic heterocycles. The van der Waals surface area contributed by atoms with Crippen LogP contribution < -0.4 is 11.1 Å². The van der Waals surface area contributed by atoms with Gasteiger partial charge in [0.05, 0.1) is 18.2 Å². The second kappa shape index (κ2) is 6.09. The van der Waals surface area contributed by atoms with Gasteiger partial charge in [0.25, 0.3) is 5.91 Å². The van der Waals surface area contributed by atoms with Gasteiger partial charge in [-0.1, -0.05) is 12.1 Å². The van der Waals surface area contributed by atoms with E-state index in [-0.39, 0.29) is 5.91 Å². The number of amides is 1. The Morgan fingerprint density at radius 1 is 1.10 bits per heavy atom. The van der Waals surface area contributed by atoms with E-state index >= 15 is 0 Å². The summed E-state index contributed by atoms with van der Waals surface area (Å²) in [6, 6.07) is 11.8. The number of nitrogens with one attached hydrogen (secondary N) is 1. The van der Waals surface area contributed by atoms with Crippen molar-refractivity contribution >= 4 is 23.3 Å². The summed E-state index contributed by atoms with van der Waals surface area (Å²) in [5, 5.41) is 2.75. The van der Waals surface area contributed by atoms with E-state index in [4.69, 9.17) is 5.73 Å². The molecule has 2 aromatic rings. The zero-order valence-electron chi connectivity index (χ0n) is 11.8.